The molecule has 0 saturated carbocycles. The molecule has 2 atom stereocenters. The first-order valence-corrected chi connectivity index (χ1v) is 7.37. The summed E-state index contributed by atoms with van der Waals surface area (Å²) >= 11 is 0. The largest absolute Gasteiger partial charge is 0.372 e. The number of morpholine rings is 1. The van der Waals surface area contributed by atoms with Crippen molar-refractivity contribution < 1.29 is 9.53 Å². The van der Waals surface area contributed by atoms with E-state index in [0.717, 1.165) is 0 Å². The Bertz CT molecular complexity index is 547. The Balaban J connectivity index is 1.74. The average Bonchev–Trinajstić information content (AvgIpc) is 2.50. The molecule has 2 rings (SSSR count). The van der Waals surface area contributed by atoms with Crippen molar-refractivity contribution in [2.45, 2.75) is 26.1 Å². The zero-order valence-corrected chi connectivity index (χ0v) is 12.9. The Morgan fingerprint density at radius 2 is 2.18 bits per heavy atom. The third kappa shape index (κ3) is 4.33. The number of hydrogen-bond donors (Lipinski definition) is 2. The number of hydrogen-bond acceptors (Lipinski definition) is 5. The lowest BCUT2D eigenvalue weighted by atomic mass is 10.2. The van der Waals surface area contributed by atoms with Crippen LogP contribution in [-0.2, 0) is 4.74 Å². The fraction of sp³-hybridized carbons (Fsp3) is 0.533. The van der Waals surface area contributed by atoms with Gasteiger partial charge in [0.15, 0.2) is 0 Å². The van der Waals surface area contributed by atoms with Gasteiger partial charge in [-0.1, -0.05) is 0 Å². The van der Waals surface area contributed by atoms with Gasteiger partial charge in [-0.2, -0.15) is 5.26 Å². The summed E-state index contributed by atoms with van der Waals surface area (Å²) in [4.78, 5) is 18.0. The minimum absolute atomic E-state index is 0.0549. The van der Waals surface area contributed by atoms with Gasteiger partial charge in [0.05, 0.1) is 17.8 Å². The van der Waals surface area contributed by atoms with E-state index in [2.05, 4.69) is 21.7 Å². The summed E-state index contributed by atoms with van der Waals surface area (Å²) in [6.07, 6.45) is 1.73. The smallest absolute Gasteiger partial charge is 0.317 e. The number of carbonyl (C=O) groups excluding carboxylic acids is 1. The van der Waals surface area contributed by atoms with E-state index >= 15 is 0 Å². The van der Waals surface area contributed by atoms with Crippen molar-refractivity contribution in [3.63, 3.8) is 0 Å². The lowest BCUT2D eigenvalue weighted by Crippen LogP contribution is -2.52. The minimum atomic E-state index is -0.0923. The molecule has 1 aliphatic heterocycles. The molecular weight excluding hydrogens is 282 g/mol. The van der Waals surface area contributed by atoms with Gasteiger partial charge in [-0.05, 0) is 26.0 Å². The highest BCUT2D eigenvalue weighted by Gasteiger charge is 2.25. The van der Waals surface area contributed by atoms with Gasteiger partial charge in [-0.25, -0.2) is 9.78 Å². The number of nitrogens with zero attached hydrogens (tertiary/aromatic N) is 3. The Labute approximate surface area is 130 Å². The molecule has 22 heavy (non-hydrogen) atoms. The van der Waals surface area contributed by atoms with Gasteiger partial charge in [0.1, 0.15) is 11.9 Å². The van der Waals surface area contributed by atoms with Gasteiger partial charge < -0.3 is 20.3 Å². The second-order valence-electron chi connectivity index (χ2n) is 5.33. The summed E-state index contributed by atoms with van der Waals surface area (Å²) < 4.78 is 5.60. The Morgan fingerprint density at radius 1 is 1.45 bits per heavy atom. The number of nitriles is 1. The van der Waals surface area contributed by atoms with Crippen LogP contribution in [0.15, 0.2) is 18.3 Å². The summed E-state index contributed by atoms with van der Waals surface area (Å²) in [7, 11) is 0. The molecule has 2 heterocycles. The standard InChI is InChI=1S/C15H21N5O2/c1-11-9-20(10-12(2)22-11)15(21)19-7-6-18-14-13(8-16)4-3-5-17-14/h3-5,11-12H,6-7,9-10H2,1-2H3,(H,17,18)(H,19,21). The second-order valence-corrected chi connectivity index (χ2v) is 5.33. The SMILES string of the molecule is CC1CN(C(=O)NCCNc2ncccc2C#N)CC(C)O1. The lowest BCUT2D eigenvalue weighted by molar-refractivity contribution is -0.0544. The number of anilines is 1. The Morgan fingerprint density at radius 3 is 2.86 bits per heavy atom. The predicted octanol–water partition coefficient (Wildman–Crippen LogP) is 1.18. The molecule has 118 valence electrons. The van der Waals surface area contributed by atoms with Crippen LogP contribution in [0.1, 0.15) is 19.4 Å². The maximum atomic E-state index is 12.1. The second kappa shape index (κ2) is 7.61. The van der Waals surface area contributed by atoms with E-state index in [4.69, 9.17) is 10.00 Å². The van der Waals surface area contributed by atoms with Crippen LogP contribution in [0.3, 0.4) is 0 Å². The van der Waals surface area contributed by atoms with Crippen molar-refractivity contribution in [2.75, 3.05) is 31.5 Å². The van der Waals surface area contributed by atoms with E-state index in [-0.39, 0.29) is 18.2 Å². The molecule has 2 unspecified atom stereocenters. The van der Waals surface area contributed by atoms with E-state index in [0.29, 0.717) is 37.6 Å². The average molecular weight is 303 g/mol. The highest BCUT2D eigenvalue weighted by molar-refractivity contribution is 5.74. The van der Waals surface area contributed by atoms with Crippen LogP contribution >= 0.6 is 0 Å². The van der Waals surface area contributed by atoms with Gasteiger partial charge in [0.25, 0.3) is 0 Å². The molecule has 7 heteroatoms. The van der Waals surface area contributed by atoms with E-state index in [1.54, 1.807) is 23.2 Å². The molecule has 2 amide bonds. The summed E-state index contributed by atoms with van der Waals surface area (Å²) in [5.74, 6) is 0.535. The molecule has 0 bridgehead atoms. The number of amides is 2. The topological polar surface area (TPSA) is 90.3 Å². The molecule has 1 saturated heterocycles. The maximum absolute atomic E-state index is 12.1. The van der Waals surface area contributed by atoms with E-state index in [1.165, 1.54) is 0 Å². The zero-order chi connectivity index (χ0) is 15.9. The lowest BCUT2D eigenvalue weighted by Gasteiger charge is -2.35. The number of urea groups is 1. The first-order valence-electron chi connectivity index (χ1n) is 7.37. The van der Waals surface area contributed by atoms with Crippen molar-refractivity contribution in [3.8, 4) is 6.07 Å². The van der Waals surface area contributed by atoms with E-state index in [1.807, 2.05) is 13.8 Å². The number of rotatable bonds is 4. The van der Waals surface area contributed by atoms with Crippen molar-refractivity contribution in [3.05, 3.63) is 23.9 Å². The Hall–Kier alpha value is -2.33. The third-order valence-electron chi connectivity index (χ3n) is 3.33. The van der Waals surface area contributed by atoms with Gasteiger partial charge >= 0.3 is 6.03 Å². The quantitative estimate of drug-likeness (QED) is 0.815. The summed E-state index contributed by atoms with van der Waals surface area (Å²) in [5.41, 5.74) is 0.490. The van der Waals surface area contributed by atoms with E-state index < -0.39 is 0 Å². The van der Waals surface area contributed by atoms with Gasteiger partial charge in [0.2, 0.25) is 0 Å². The predicted molar refractivity (Wildman–Crippen MR) is 82.4 cm³/mol. The van der Waals surface area contributed by atoms with Crippen molar-refractivity contribution >= 4 is 11.8 Å². The highest BCUT2D eigenvalue weighted by Crippen LogP contribution is 2.10. The summed E-state index contributed by atoms with van der Waals surface area (Å²) in [6.45, 7) is 6.09. The number of pyridine rings is 1. The first kappa shape index (κ1) is 16.0. The van der Waals surface area contributed by atoms with E-state index in [9.17, 15) is 4.79 Å². The van der Waals surface area contributed by atoms with Crippen LogP contribution in [0.5, 0.6) is 0 Å². The van der Waals surface area contributed by atoms with Crippen LogP contribution in [0, 0.1) is 11.3 Å². The molecule has 0 radical (unpaired) electrons. The molecule has 1 aromatic rings. The number of ether oxygens (including phenoxy) is 1. The van der Waals surface area contributed by atoms with Crippen LogP contribution in [-0.4, -0.2) is 54.3 Å². The third-order valence-corrected chi connectivity index (χ3v) is 3.33. The van der Waals surface area contributed by atoms with Crippen LogP contribution < -0.4 is 10.6 Å². The normalized spacial score (nSPS) is 21.0. The molecule has 0 aliphatic carbocycles. The fourth-order valence-corrected chi connectivity index (χ4v) is 2.44. The van der Waals surface area contributed by atoms with Gasteiger partial charge in [-0.3, -0.25) is 0 Å². The molecule has 0 spiro atoms. The van der Waals surface area contributed by atoms with Crippen LogP contribution in [0.4, 0.5) is 10.6 Å². The molecule has 1 aromatic heterocycles. The zero-order valence-electron chi connectivity index (χ0n) is 12.9. The number of aromatic nitrogens is 1. The van der Waals surface area contributed by atoms with Gasteiger partial charge in [-0.15, -0.1) is 0 Å². The molecule has 1 fully saturated rings. The van der Waals surface area contributed by atoms with Crippen molar-refractivity contribution in [1.82, 2.24) is 15.2 Å². The highest BCUT2D eigenvalue weighted by atomic mass is 16.5. The molecule has 7 nitrogen and oxygen atoms in total. The molecule has 0 aromatic carbocycles. The number of nitrogens with one attached hydrogen (secondary N) is 2. The fourth-order valence-electron chi connectivity index (χ4n) is 2.44. The Kier molecular flexibility index (Phi) is 5.55. The molecular formula is C15H21N5O2. The minimum Gasteiger partial charge on any atom is -0.372 e. The van der Waals surface area contributed by atoms with Crippen molar-refractivity contribution in [2.24, 2.45) is 0 Å². The number of carbonyl (C=O) groups is 1. The van der Waals surface area contributed by atoms with Crippen LogP contribution in [0.2, 0.25) is 0 Å². The van der Waals surface area contributed by atoms with Crippen LogP contribution in [0.25, 0.3) is 0 Å². The summed E-state index contributed by atoms with van der Waals surface area (Å²) in [5, 5.41) is 14.9. The first-order chi connectivity index (χ1) is 10.6. The maximum Gasteiger partial charge on any atom is 0.317 e. The monoisotopic (exact) mass is 303 g/mol. The summed E-state index contributed by atoms with van der Waals surface area (Å²) in [6, 6.07) is 5.39. The molecule has 2 N–H and O–H groups in total. The van der Waals surface area contributed by atoms with Gasteiger partial charge in [0, 0.05) is 32.4 Å². The molecule has 1 aliphatic rings. The van der Waals surface area contributed by atoms with Crippen molar-refractivity contribution in [1.29, 1.82) is 5.26 Å².